The van der Waals surface area contributed by atoms with Gasteiger partial charge in [-0.2, -0.15) is 0 Å². The fourth-order valence-corrected chi connectivity index (χ4v) is 4.96. The summed E-state index contributed by atoms with van der Waals surface area (Å²) in [6.07, 6.45) is 9.22. The van der Waals surface area contributed by atoms with Gasteiger partial charge in [0.2, 0.25) is 5.91 Å². The molecule has 5 rings (SSSR count). The Kier molecular flexibility index (Phi) is 9.81. The van der Waals surface area contributed by atoms with Crippen molar-refractivity contribution in [2.24, 2.45) is 0 Å². The number of carbonyl (C=O) groups excluding carboxylic acids is 1. The Hall–Kier alpha value is -4.25. The molecule has 1 atom stereocenters. The molecule has 4 aromatic rings. The Morgan fingerprint density at radius 3 is 2.83 bits per heavy atom. The van der Waals surface area contributed by atoms with Crippen molar-refractivity contribution in [2.45, 2.75) is 31.9 Å². The second-order valence-electron chi connectivity index (χ2n) is 9.90. The van der Waals surface area contributed by atoms with Crippen molar-refractivity contribution in [3.63, 3.8) is 0 Å². The van der Waals surface area contributed by atoms with Crippen molar-refractivity contribution in [3.05, 3.63) is 83.9 Å². The molecular weight excluding hydrogens is 556 g/mol. The van der Waals surface area contributed by atoms with Crippen LogP contribution in [-0.4, -0.2) is 63.7 Å². The van der Waals surface area contributed by atoms with E-state index in [4.69, 9.17) is 21.1 Å². The number of rotatable bonds is 12. The number of fused-ring (bicyclic) bond motifs is 1. The SMILES string of the molecule is CN1CCCC1/C=C/C(=O)Nc1ccc2ncnc(Nc3ccc(OCc4ccccn4)c(Cl)c3)c2c1OCCCO. The van der Waals surface area contributed by atoms with Crippen LogP contribution in [0.1, 0.15) is 25.0 Å². The van der Waals surface area contributed by atoms with E-state index >= 15 is 0 Å². The molecular formula is C31H33ClN6O4. The normalized spacial score (nSPS) is 15.3. The summed E-state index contributed by atoms with van der Waals surface area (Å²) < 4.78 is 11.9. The van der Waals surface area contributed by atoms with Crippen molar-refractivity contribution in [1.82, 2.24) is 19.9 Å². The minimum atomic E-state index is -0.263. The van der Waals surface area contributed by atoms with Gasteiger partial charge in [0.05, 0.1) is 33.9 Å². The number of ether oxygens (including phenoxy) is 2. The van der Waals surface area contributed by atoms with Crippen molar-refractivity contribution in [1.29, 1.82) is 0 Å². The first-order valence-electron chi connectivity index (χ1n) is 13.8. The molecule has 1 saturated heterocycles. The lowest BCUT2D eigenvalue weighted by atomic mass is 10.1. The minimum absolute atomic E-state index is 0.0288. The monoisotopic (exact) mass is 588 g/mol. The zero-order chi connectivity index (χ0) is 29.3. The van der Waals surface area contributed by atoms with Gasteiger partial charge >= 0.3 is 0 Å². The van der Waals surface area contributed by atoms with E-state index in [2.05, 4.69) is 37.5 Å². The number of likely N-dealkylation sites (tertiary alicyclic amines) is 1. The van der Waals surface area contributed by atoms with Crippen molar-refractivity contribution in [3.8, 4) is 11.5 Å². The van der Waals surface area contributed by atoms with Gasteiger partial charge in [-0.25, -0.2) is 9.97 Å². The third-order valence-corrected chi connectivity index (χ3v) is 7.20. The number of pyridine rings is 1. The lowest BCUT2D eigenvalue weighted by Gasteiger charge is -2.17. The molecule has 218 valence electrons. The number of halogens is 1. The maximum Gasteiger partial charge on any atom is 0.248 e. The lowest BCUT2D eigenvalue weighted by Crippen LogP contribution is -2.23. The van der Waals surface area contributed by atoms with Gasteiger partial charge in [-0.15, -0.1) is 0 Å². The smallest absolute Gasteiger partial charge is 0.248 e. The quantitative estimate of drug-likeness (QED) is 0.148. The number of hydrogen-bond donors (Lipinski definition) is 3. The standard InChI is InChI=1S/C31H33ClN6O4/c1-38-15-4-7-23(38)9-13-28(40)37-26-11-10-25-29(30(26)41-17-5-16-39)31(35-20-34-25)36-21-8-12-27(24(32)18-21)42-19-22-6-2-3-14-33-22/h2-3,6,8-14,18,20,23,39H,4-5,7,15-17,19H2,1H3,(H,37,40)(H,34,35,36)/b13-9+. The van der Waals surface area contributed by atoms with Gasteiger partial charge in [0.25, 0.3) is 0 Å². The maximum absolute atomic E-state index is 12.9. The Morgan fingerprint density at radius 2 is 2.07 bits per heavy atom. The number of aliphatic hydroxyl groups excluding tert-OH is 1. The average molecular weight is 589 g/mol. The highest BCUT2D eigenvalue weighted by atomic mass is 35.5. The van der Waals surface area contributed by atoms with Gasteiger partial charge in [0.15, 0.2) is 5.75 Å². The molecule has 3 N–H and O–H groups in total. The third kappa shape index (κ3) is 7.33. The zero-order valence-corrected chi connectivity index (χ0v) is 24.1. The summed E-state index contributed by atoms with van der Waals surface area (Å²) in [6.45, 7) is 1.52. The van der Waals surface area contributed by atoms with Crippen LogP contribution < -0.4 is 20.1 Å². The first-order valence-corrected chi connectivity index (χ1v) is 14.2. The van der Waals surface area contributed by atoms with Crippen LogP contribution in [0, 0.1) is 0 Å². The molecule has 3 heterocycles. The fourth-order valence-electron chi connectivity index (χ4n) is 4.72. The summed E-state index contributed by atoms with van der Waals surface area (Å²) in [5.74, 6) is 1.14. The number of hydrogen-bond acceptors (Lipinski definition) is 9. The van der Waals surface area contributed by atoms with E-state index in [0.29, 0.717) is 57.6 Å². The molecule has 0 spiro atoms. The summed E-state index contributed by atoms with van der Waals surface area (Å²) in [4.78, 5) is 28.3. The Labute approximate surface area is 249 Å². The first kappa shape index (κ1) is 29.2. The molecule has 0 aliphatic carbocycles. The van der Waals surface area contributed by atoms with Gasteiger partial charge in [-0.05, 0) is 68.9 Å². The number of likely N-dealkylation sites (N-methyl/N-ethyl adjacent to an activating group) is 1. The predicted molar refractivity (Wildman–Crippen MR) is 163 cm³/mol. The van der Waals surface area contributed by atoms with Crippen molar-refractivity contribution in [2.75, 3.05) is 37.4 Å². The second-order valence-corrected chi connectivity index (χ2v) is 10.3. The van der Waals surface area contributed by atoms with Crippen LogP contribution in [0.25, 0.3) is 10.9 Å². The maximum atomic E-state index is 12.9. The molecule has 10 nitrogen and oxygen atoms in total. The van der Waals surface area contributed by atoms with Crippen LogP contribution in [0.5, 0.6) is 11.5 Å². The summed E-state index contributed by atoms with van der Waals surface area (Å²) in [7, 11) is 2.06. The highest BCUT2D eigenvalue weighted by molar-refractivity contribution is 6.32. The van der Waals surface area contributed by atoms with Crippen LogP contribution in [0.3, 0.4) is 0 Å². The van der Waals surface area contributed by atoms with E-state index in [1.54, 1.807) is 36.5 Å². The van der Waals surface area contributed by atoms with Gasteiger partial charge in [-0.3, -0.25) is 14.7 Å². The molecule has 0 bridgehead atoms. The van der Waals surface area contributed by atoms with E-state index in [0.717, 1.165) is 25.1 Å². The number of nitrogens with one attached hydrogen (secondary N) is 2. The molecule has 2 aromatic heterocycles. The van der Waals surface area contributed by atoms with Crippen LogP contribution >= 0.6 is 11.6 Å². The Balaban J connectivity index is 1.39. The number of nitrogens with zero attached hydrogens (tertiary/aromatic N) is 4. The number of aromatic nitrogens is 3. The highest BCUT2D eigenvalue weighted by Gasteiger charge is 2.19. The largest absolute Gasteiger partial charge is 0.490 e. The van der Waals surface area contributed by atoms with Gasteiger partial charge in [0, 0.05) is 37.0 Å². The van der Waals surface area contributed by atoms with Gasteiger partial charge in [0.1, 0.15) is 24.5 Å². The molecule has 1 amide bonds. The molecule has 1 fully saturated rings. The molecule has 1 aliphatic heterocycles. The van der Waals surface area contributed by atoms with Gasteiger partial charge in [-0.1, -0.05) is 23.7 Å². The number of anilines is 3. The summed E-state index contributed by atoms with van der Waals surface area (Å²) >= 11 is 6.54. The third-order valence-electron chi connectivity index (χ3n) is 6.91. The number of carbonyl (C=O) groups is 1. The fraction of sp³-hybridized carbons (Fsp3) is 0.290. The summed E-state index contributed by atoms with van der Waals surface area (Å²) in [5.41, 5.74) is 2.56. The molecule has 1 aliphatic rings. The van der Waals surface area contributed by atoms with Crippen molar-refractivity contribution >= 4 is 45.6 Å². The van der Waals surface area contributed by atoms with E-state index < -0.39 is 0 Å². The van der Waals surface area contributed by atoms with E-state index in [1.807, 2.05) is 30.3 Å². The second kappa shape index (κ2) is 14.1. The van der Waals surface area contributed by atoms with Crippen LogP contribution in [-0.2, 0) is 11.4 Å². The van der Waals surface area contributed by atoms with E-state index in [-0.39, 0.29) is 25.2 Å². The number of benzene rings is 2. The molecule has 0 saturated carbocycles. The molecule has 1 unspecified atom stereocenters. The topological polar surface area (TPSA) is 122 Å². The molecule has 2 aromatic carbocycles. The molecule has 11 heteroatoms. The molecule has 42 heavy (non-hydrogen) atoms. The summed E-state index contributed by atoms with van der Waals surface area (Å²) in [5, 5.41) is 16.6. The first-order chi connectivity index (χ1) is 20.5. The summed E-state index contributed by atoms with van der Waals surface area (Å²) in [6, 6.07) is 14.8. The Morgan fingerprint density at radius 1 is 1.17 bits per heavy atom. The number of aliphatic hydroxyl groups is 1. The lowest BCUT2D eigenvalue weighted by molar-refractivity contribution is -0.112. The van der Waals surface area contributed by atoms with Crippen LogP contribution in [0.15, 0.2) is 73.2 Å². The average Bonchev–Trinajstić information content (AvgIpc) is 3.41. The Bertz CT molecular complexity index is 1550. The number of amides is 1. The van der Waals surface area contributed by atoms with Crippen LogP contribution in [0.4, 0.5) is 17.2 Å². The minimum Gasteiger partial charge on any atom is -0.490 e. The van der Waals surface area contributed by atoms with Crippen LogP contribution in [0.2, 0.25) is 5.02 Å². The van der Waals surface area contributed by atoms with Gasteiger partial charge < -0.3 is 25.2 Å². The van der Waals surface area contributed by atoms with E-state index in [1.165, 1.54) is 6.33 Å². The highest BCUT2D eigenvalue weighted by Crippen LogP contribution is 2.39. The zero-order valence-electron chi connectivity index (χ0n) is 23.3. The predicted octanol–water partition coefficient (Wildman–Crippen LogP) is 5.35. The van der Waals surface area contributed by atoms with Crippen molar-refractivity contribution < 1.29 is 19.4 Å². The molecule has 0 radical (unpaired) electrons. The van der Waals surface area contributed by atoms with E-state index in [9.17, 15) is 9.90 Å².